The Labute approximate surface area is 79.1 Å². The summed E-state index contributed by atoms with van der Waals surface area (Å²) < 4.78 is 0. The van der Waals surface area contributed by atoms with E-state index in [1.807, 2.05) is 6.92 Å². The van der Waals surface area contributed by atoms with Crippen molar-refractivity contribution in [3.8, 4) is 0 Å². The van der Waals surface area contributed by atoms with Gasteiger partial charge in [0.2, 0.25) is 0 Å². The largest absolute Gasteiger partial charge is 0.375 e. The van der Waals surface area contributed by atoms with E-state index in [9.17, 15) is 14.7 Å². The summed E-state index contributed by atoms with van der Waals surface area (Å²) in [5.74, 6) is -0.710. The Kier molecular flexibility index (Phi) is 4.85. The van der Waals surface area contributed by atoms with E-state index in [-0.39, 0.29) is 30.8 Å². The van der Waals surface area contributed by atoms with Crippen molar-refractivity contribution in [2.24, 2.45) is 0 Å². The first-order valence-corrected chi connectivity index (χ1v) is 4.81. The van der Waals surface area contributed by atoms with E-state index in [0.29, 0.717) is 6.42 Å². The molecule has 0 radical (unpaired) electrons. The van der Waals surface area contributed by atoms with Gasteiger partial charge in [-0.1, -0.05) is 20.8 Å². The molecule has 1 atom stereocenters. The number of carbonyl (C=O) groups is 2. The van der Waals surface area contributed by atoms with Gasteiger partial charge in [-0.25, -0.2) is 0 Å². The molecule has 3 heteroatoms. The van der Waals surface area contributed by atoms with Crippen LogP contribution in [0.2, 0.25) is 0 Å². The molecule has 0 rings (SSSR count). The Hall–Kier alpha value is -0.700. The van der Waals surface area contributed by atoms with Gasteiger partial charge >= 0.3 is 0 Å². The molecule has 0 aromatic rings. The number of rotatable bonds is 6. The second-order valence-electron chi connectivity index (χ2n) is 3.16. The standard InChI is InChI=1S/C10H18O3/c1-4-7-9(12)10(13,6-3)8(11)5-2/h13H,4-7H2,1-3H3/t10-/m0/s1. The lowest BCUT2D eigenvalue weighted by atomic mass is 9.87. The first kappa shape index (κ1) is 12.3. The van der Waals surface area contributed by atoms with Gasteiger partial charge in [0.05, 0.1) is 0 Å². The molecule has 0 unspecified atom stereocenters. The van der Waals surface area contributed by atoms with E-state index in [4.69, 9.17) is 0 Å². The molecule has 0 saturated carbocycles. The average Bonchev–Trinajstić information content (AvgIpc) is 2.15. The predicted molar refractivity (Wildman–Crippen MR) is 50.5 cm³/mol. The zero-order valence-corrected chi connectivity index (χ0v) is 8.59. The molecule has 0 heterocycles. The van der Waals surface area contributed by atoms with Gasteiger partial charge in [-0.05, 0) is 12.8 Å². The van der Waals surface area contributed by atoms with Crippen LogP contribution in [0.25, 0.3) is 0 Å². The summed E-state index contributed by atoms with van der Waals surface area (Å²) in [6, 6.07) is 0. The molecule has 0 aliphatic heterocycles. The second kappa shape index (κ2) is 5.12. The molecular weight excluding hydrogens is 168 g/mol. The van der Waals surface area contributed by atoms with E-state index in [1.165, 1.54) is 0 Å². The maximum Gasteiger partial charge on any atom is 0.180 e. The van der Waals surface area contributed by atoms with Crippen LogP contribution in [-0.2, 0) is 9.59 Å². The molecular formula is C10H18O3. The molecule has 0 spiro atoms. The Balaban J connectivity index is 4.61. The van der Waals surface area contributed by atoms with Crippen LogP contribution < -0.4 is 0 Å². The Morgan fingerprint density at radius 2 is 1.69 bits per heavy atom. The van der Waals surface area contributed by atoms with Crippen LogP contribution in [0.15, 0.2) is 0 Å². The monoisotopic (exact) mass is 186 g/mol. The lowest BCUT2D eigenvalue weighted by Gasteiger charge is -2.22. The van der Waals surface area contributed by atoms with Crippen molar-refractivity contribution in [2.45, 2.75) is 52.1 Å². The Morgan fingerprint density at radius 3 is 2.00 bits per heavy atom. The minimum Gasteiger partial charge on any atom is -0.375 e. The first-order valence-electron chi connectivity index (χ1n) is 4.81. The minimum atomic E-state index is -1.72. The first-order chi connectivity index (χ1) is 6.02. The van der Waals surface area contributed by atoms with Gasteiger partial charge in [0.15, 0.2) is 17.2 Å². The summed E-state index contributed by atoms with van der Waals surface area (Å²) in [7, 11) is 0. The SMILES string of the molecule is CCCC(=O)[C@](O)(CC)C(=O)CC. The van der Waals surface area contributed by atoms with Gasteiger partial charge < -0.3 is 5.11 Å². The smallest absolute Gasteiger partial charge is 0.180 e. The van der Waals surface area contributed by atoms with Crippen molar-refractivity contribution < 1.29 is 14.7 Å². The zero-order chi connectivity index (χ0) is 10.5. The van der Waals surface area contributed by atoms with Crippen LogP contribution in [0.5, 0.6) is 0 Å². The topological polar surface area (TPSA) is 54.4 Å². The third-order valence-electron chi connectivity index (χ3n) is 2.23. The molecule has 0 bridgehead atoms. The number of ketones is 2. The summed E-state index contributed by atoms with van der Waals surface area (Å²) in [5, 5.41) is 9.79. The number of hydrogen-bond acceptors (Lipinski definition) is 3. The fourth-order valence-corrected chi connectivity index (χ4v) is 1.28. The van der Waals surface area contributed by atoms with Crippen molar-refractivity contribution in [1.29, 1.82) is 0 Å². The van der Waals surface area contributed by atoms with Gasteiger partial charge in [-0.3, -0.25) is 9.59 Å². The molecule has 0 aliphatic rings. The second-order valence-corrected chi connectivity index (χ2v) is 3.16. The van der Waals surface area contributed by atoms with Gasteiger partial charge in [0.1, 0.15) is 0 Å². The van der Waals surface area contributed by atoms with Crippen molar-refractivity contribution in [3.63, 3.8) is 0 Å². The summed E-state index contributed by atoms with van der Waals surface area (Å²) in [5.41, 5.74) is -1.72. The minimum absolute atomic E-state index is 0.179. The molecule has 0 aliphatic carbocycles. The highest BCUT2D eigenvalue weighted by atomic mass is 16.3. The van der Waals surface area contributed by atoms with Crippen LogP contribution in [0, 0.1) is 0 Å². The predicted octanol–water partition coefficient (Wildman–Crippen LogP) is 1.48. The Bertz CT molecular complexity index is 198. The molecule has 76 valence electrons. The number of hydrogen-bond donors (Lipinski definition) is 1. The molecule has 1 N–H and O–H groups in total. The quantitative estimate of drug-likeness (QED) is 0.639. The summed E-state index contributed by atoms with van der Waals surface area (Å²) >= 11 is 0. The fourth-order valence-electron chi connectivity index (χ4n) is 1.28. The van der Waals surface area contributed by atoms with Crippen molar-refractivity contribution in [1.82, 2.24) is 0 Å². The van der Waals surface area contributed by atoms with Crippen LogP contribution in [0.4, 0.5) is 0 Å². The molecule has 0 amide bonds. The summed E-state index contributed by atoms with van der Waals surface area (Å²) in [6.45, 7) is 5.16. The van der Waals surface area contributed by atoms with Gasteiger partial charge in [-0.2, -0.15) is 0 Å². The average molecular weight is 186 g/mol. The van der Waals surface area contributed by atoms with Crippen LogP contribution >= 0.6 is 0 Å². The van der Waals surface area contributed by atoms with E-state index in [1.54, 1.807) is 13.8 Å². The highest BCUT2D eigenvalue weighted by molar-refractivity contribution is 6.09. The molecule has 0 saturated heterocycles. The highest BCUT2D eigenvalue weighted by Gasteiger charge is 2.39. The highest BCUT2D eigenvalue weighted by Crippen LogP contribution is 2.17. The lowest BCUT2D eigenvalue weighted by Crippen LogP contribution is -2.45. The van der Waals surface area contributed by atoms with E-state index in [2.05, 4.69) is 0 Å². The number of Topliss-reactive ketones (excluding diaryl/α,β-unsaturated/α-hetero) is 2. The van der Waals surface area contributed by atoms with E-state index in [0.717, 1.165) is 0 Å². The zero-order valence-electron chi connectivity index (χ0n) is 8.59. The third kappa shape index (κ3) is 2.62. The molecule has 0 aromatic carbocycles. The molecule has 13 heavy (non-hydrogen) atoms. The summed E-state index contributed by atoms with van der Waals surface area (Å²) in [4.78, 5) is 22.7. The summed E-state index contributed by atoms with van der Waals surface area (Å²) in [6.07, 6.45) is 1.33. The van der Waals surface area contributed by atoms with Gasteiger partial charge in [-0.15, -0.1) is 0 Å². The molecule has 0 aromatic heterocycles. The number of carbonyl (C=O) groups excluding carboxylic acids is 2. The van der Waals surface area contributed by atoms with Crippen LogP contribution in [-0.4, -0.2) is 22.3 Å². The van der Waals surface area contributed by atoms with Crippen molar-refractivity contribution in [2.75, 3.05) is 0 Å². The molecule has 3 nitrogen and oxygen atoms in total. The lowest BCUT2D eigenvalue weighted by molar-refractivity contribution is -0.151. The Morgan fingerprint density at radius 1 is 1.15 bits per heavy atom. The fraction of sp³-hybridized carbons (Fsp3) is 0.800. The van der Waals surface area contributed by atoms with Gasteiger partial charge in [0.25, 0.3) is 0 Å². The van der Waals surface area contributed by atoms with Crippen LogP contribution in [0.1, 0.15) is 46.5 Å². The van der Waals surface area contributed by atoms with E-state index >= 15 is 0 Å². The normalized spacial score (nSPS) is 15.1. The van der Waals surface area contributed by atoms with Crippen molar-refractivity contribution >= 4 is 11.6 Å². The third-order valence-corrected chi connectivity index (χ3v) is 2.23. The van der Waals surface area contributed by atoms with E-state index < -0.39 is 5.60 Å². The van der Waals surface area contributed by atoms with Gasteiger partial charge in [0, 0.05) is 12.8 Å². The maximum absolute atomic E-state index is 11.4. The van der Waals surface area contributed by atoms with Crippen molar-refractivity contribution in [3.05, 3.63) is 0 Å². The maximum atomic E-state index is 11.4. The van der Waals surface area contributed by atoms with Crippen LogP contribution in [0.3, 0.4) is 0 Å². The molecule has 0 fully saturated rings. The number of aliphatic hydroxyl groups is 1.